The second-order valence-electron chi connectivity index (χ2n) is 24.4. The molecular weight excluding hydrogens is 1810 g/mol. The van der Waals surface area contributed by atoms with Gasteiger partial charge in [-0.25, -0.2) is 0 Å². The Kier molecular flexibility index (Phi) is 57.9. The van der Waals surface area contributed by atoms with Crippen molar-refractivity contribution in [2.24, 2.45) is 0 Å². The molecule has 0 heterocycles. The summed E-state index contributed by atoms with van der Waals surface area (Å²) in [6.07, 6.45) is 1.28. The van der Waals surface area contributed by atoms with Gasteiger partial charge in [-0.05, 0) is 104 Å². The van der Waals surface area contributed by atoms with Gasteiger partial charge in [0.15, 0.2) is 69.0 Å². The molecule has 0 bridgehead atoms. The normalized spacial score (nSPS) is 10.1. The van der Waals surface area contributed by atoms with Crippen molar-refractivity contribution in [3.63, 3.8) is 0 Å². The number of rotatable bonds is 50. The molecule has 6 rings (SSSR count). The van der Waals surface area contributed by atoms with Crippen LogP contribution in [0.25, 0.3) is 0 Å². The number of esters is 6. The molecule has 0 fully saturated rings. The highest BCUT2D eigenvalue weighted by atomic mass is 32.1. The van der Waals surface area contributed by atoms with Crippen LogP contribution in [0.1, 0.15) is 101 Å². The Bertz CT molecular complexity index is 4610. The van der Waals surface area contributed by atoms with E-state index in [4.69, 9.17) is 80.5 Å². The van der Waals surface area contributed by atoms with Crippen molar-refractivity contribution in [1.29, 1.82) is 0 Å². The predicted molar refractivity (Wildman–Crippen MR) is 485 cm³/mol. The van der Waals surface area contributed by atoms with Gasteiger partial charge < -0.3 is 85.3 Å². The molecule has 0 aliphatic rings. The van der Waals surface area contributed by atoms with Crippen molar-refractivity contribution in [3.05, 3.63) is 167 Å². The fourth-order valence-electron chi connectivity index (χ4n) is 10.7. The van der Waals surface area contributed by atoms with E-state index in [0.29, 0.717) is 136 Å². The quantitative estimate of drug-likeness (QED) is 0.00516. The zero-order valence-electron chi connectivity index (χ0n) is 72.4. The summed E-state index contributed by atoms with van der Waals surface area (Å²) in [5, 5.41) is 66.8. The van der Waals surface area contributed by atoms with Crippen LogP contribution in [0.4, 0.5) is 34.1 Å². The Balaban J connectivity index is 0.000000768. The molecule has 0 aliphatic heterocycles. The van der Waals surface area contributed by atoms with E-state index in [2.05, 4.69) is 80.5 Å². The van der Waals surface area contributed by atoms with Gasteiger partial charge in [0.05, 0.1) is 173 Å². The summed E-state index contributed by atoms with van der Waals surface area (Å²) >= 11 is 23.0. The molecule has 0 saturated carbocycles. The zero-order chi connectivity index (χ0) is 96.4. The Hall–Kier alpha value is -11.8. The first-order valence-corrected chi connectivity index (χ1v) is 42.5. The number of hydrogen-bond donors (Lipinski definition) is 6. The van der Waals surface area contributed by atoms with E-state index in [0.717, 1.165) is 0 Å². The topological polar surface area (TPSA) is 527 Å². The summed E-state index contributed by atoms with van der Waals surface area (Å²) in [5.74, 6) is 2.24. The van der Waals surface area contributed by atoms with Crippen LogP contribution in [-0.2, 0) is 95.7 Å². The van der Waals surface area contributed by atoms with E-state index in [9.17, 15) is 89.5 Å². The molecule has 0 amide bonds. The first-order chi connectivity index (χ1) is 61.2. The van der Waals surface area contributed by atoms with E-state index in [1.165, 1.54) is 97.3 Å². The van der Waals surface area contributed by atoms with Gasteiger partial charge in [-0.2, -0.15) is 50.5 Å². The summed E-state index contributed by atoms with van der Waals surface area (Å²) in [4.78, 5) is 131. The lowest BCUT2D eigenvalue weighted by atomic mass is 10.1. The summed E-state index contributed by atoms with van der Waals surface area (Å²) in [7, 11) is 8.50. The van der Waals surface area contributed by atoms with Gasteiger partial charge in [0.1, 0.15) is 25.1 Å². The van der Waals surface area contributed by atoms with Gasteiger partial charge in [-0.15, -0.1) is 25.3 Å². The lowest BCUT2D eigenvalue weighted by Crippen LogP contribution is -2.10. The maximum atomic E-state index is 11.6. The van der Waals surface area contributed by atoms with Gasteiger partial charge in [0.2, 0.25) is 0 Å². The molecular formula is C80H106N6O36S6. The van der Waals surface area contributed by atoms with Crippen LogP contribution >= 0.6 is 75.8 Å². The number of methoxy groups -OCH3 is 6. The lowest BCUT2D eigenvalue weighted by Gasteiger charge is -2.13. The van der Waals surface area contributed by atoms with Gasteiger partial charge in [-0.3, -0.25) is 89.5 Å². The summed E-state index contributed by atoms with van der Waals surface area (Å²) < 4.78 is 91.7. The fraction of sp³-hybridized carbons (Fsp3) is 0.475. The van der Waals surface area contributed by atoms with Crippen LogP contribution in [0.15, 0.2) is 72.8 Å². The number of nitrogens with zero attached hydrogens (tertiary/aromatic N) is 6. The van der Waals surface area contributed by atoms with Crippen LogP contribution in [0.5, 0.6) is 69.0 Å². The van der Waals surface area contributed by atoms with Crippen molar-refractivity contribution >= 4 is 146 Å². The van der Waals surface area contributed by atoms with Crippen LogP contribution in [0.2, 0.25) is 0 Å². The maximum Gasteiger partial charge on any atom is 0.315 e. The lowest BCUT2D eigenvalue weighted by molar-refractivity contribution is -0.385. The number of carbonyl (C=O) groups is 6. The number of thiol groups is 6. The number of benzene rings is 6. The Labute approximate surface area is 770 Å². The molecule has 0 aromatic heterocycles. The Morgan fingerprint density at radius 1 is 0.250 bits per heavy atom. The molecule has 0 radical (unpaired) electrons. The highest BCUT2D eigenvalue weighted by Crippen LogP contribution is 2.41. The van der Waals surface area contributed by atoms with Crippen molar-refractivity contribution in [3.8, 4) is 69.0 Å². The van der Waals surface area contributed by atoms with E-state index < -0.39 is 65.4 Å². The van der Waals surface area contributed by atoms with E-state index in [1.807, 2.05) is 13.8 Å². The minimum Gasteiger partial charge on any atom is -0.493 e. The number of carbonyl (C=O) groups excluding carboxylic acids is 6. The molecule has 0 spiro atoms. The monoisotopic (exact) mass is 1920 g/mol. The third-order valence-corrected chi connectivity index (χ3v) is 17.4. The van der Waals surface area contributed by atoms with Gasteiger partial charge in [0, 0.05) is 83.4 Å². The highest BCUT2D eigenvalue weighted by molar-refractivity contribution is 7.81. The van der Waals surface area contributed by atoms with Crippen LogP contribution in [-0.4, -0.2) is 209 Å². The SMILES string of the molecule is CCOc1cc(CCC(=O)OCCS)c([N+](=O)[O-])cc1OCC.CCOc1cc(CCC(=O)OCS)c([N+](=O)[O-])cc1OCC.CCOc1cc(CCOC(=O)CS)c([N+](=O)[O-])cc1OCC.COc1cc(CCC(=O)OCCS)c([N+](=O)[O-])cc1OC.COc1cc(CCC(=O)OCS)c([N+](=O)[O-])cc1OC.COc1cc(CCOC(=O)CS)c([N+](=O)[O-])cc1OC. The Morgan fingerprint density at radius 2 is 0.422 bits per heavy atom. The van der Waals surface area contributed by atoms with Gasteiger partial charge >= 0.3 is 35.8 Å². The molecule has 48 heteroatoms. The first kappa shape index (κ1) is 114. The maximum absolute atomic E-state index is 11.6. The van der Waals surface area contributed by atoms with Gasteiger partial charge in [-0.1, -0.05) is 0 Å². The number of nitro benzene ring substituents is 6. The molecule has 6 aromatic carbocycles. The third kappa shape index (κ3) is 41.3. The van der Waals surface area contributed by atoms with E-state index in [1.54, 1.807) is 45.9 Å². The largest absolute Gasteiger partial charge is 0.493 e. The molecule has 42 nitrogen and oxygen atoms in total. The Morgan fingerprint density at radius 3 is 0.602 bits per heavy atom. The average molecular weight is 1920 g/mol. The molecule has 0 N–H and O–H groups in total. The summed E-state index contributed by atoms with van der Waals surface area (Å²) in [6, 6.07) is 17.0. The van der Waals surface area contributed by atoms with Crippen molar-refractivity contribution in [1.82, 2.24) is 0 Å². The van der Waals surface area contributed by atoms with E-state index in [-0.39, 0.29) is 165 Å². The molecule has 0 atom stereocenters. The molecule has 128 heavy (non-hydrogen) atoms. The first-order valence-electron chi connectivity index (χ1n) is 38.7. The van der Waals surface area contributed by atoms with Gasteiger partial charge in [0.25, 0.3) is 34.1 Å². The molecule has 708 valence electrons. The van der Waals surface area contributed by atoms with Crippen LogP contribution in [0.3, 0.4) is 0 Å². The van der Waals surface area contributed by atoms with Crippen molar-refractivity contribution in [2.45, 2.75) is 106 Å². The summed E-state index contributed by atoms with van der Waals surface area (Å²) in [5.41, 5.74) is 1.75. The molecule has 6 aromatic rings. The average Bonchev–Trinajstić information content (AvgIpc) is 0.836. The molecule has 0 saturated heterocycles. The van der Waals surface area contributed by atoms with Crippen LogP contribution < -0.4 is 56.8 Å². The number of ether oxygens (including phenoxy) is 18. The molecule has 0 aliphatic carbocycles. The van der Waals surface area contributed by atoms with Crippen LogP contribution in [0, 0.1) is 60.7 Å². The smallest absolute Gasteiger partial charge is 0.315 e. The standard InChI is InChI=1S/C15H21NO6S.2C14H19NO6S.C13H17NO6S.2C12H15NO6S/c1-3-20-13-9-11(5-6-15(17)22-7-8-23)12(16(18)19)10-14(13)21-4-2;1-3-19-12-7-10(5-6-21-14(16)9-22)11(15(17)18)8-13(12)20-4-2;1-3-19-12-7-10(5-6-14(16)21-9-22)11(15(17)18)8-13(12)20-4-2;1-18-11-7-9(3-4-13(15)20-5-6-21)10(14(16)17)8-12(11)19-2;1-17-10-5-8(3-4-19-12(14)7-20)9(13(15)16)6-11(10)18-2;1-17-10-5-8(3-4-12(14)19-7-20)9(13(15)16)6-11(10)18-2/h9-10,23H,3-8H2,1-2H3;2*7-8,22H,3-6,9H2,1-2H3;7-8,21H,3-6H2,1-2H3;2*5-6,20H,3-4,7H2,1-2H3. The van der Waals surface area contributed by atoms with E-state index >= 15 is 0 Å². The predicted octanol–water partition coefficient (Wildman–Crippen LogP) is 13.6. The highest BCUT2D eigenvalue weighted by Gasteiger charge is 2.28. The summed E-state index contributed by atoms with van der Waals surface area (Å²) in [6.45, 7) is 13.6. The molecule has 0 unspecified atom stereocenters. The second-order valence-corrected chi connectivity index (χ2v) is 26.4. The minimum atomic E-state index is -0.527. The number of hydrogen-bond acceptors (Lipinski definition) is 42. The number of aryl methyl sites for hydroxylation is 4. The number of nitro groups is 6. The minimum absolute atomic E-state index is 0.0194. The fourth-order valence-corrected chi connectivity index (χ4v) is 11.3. The van der Waals surface area contributed by atoms with Crippen molar-refractivity contribution in [2.75, 3.05) is 144 Å². The van der Waals surface area contributed by atoms with Crippen molar-refractivity contribution < 1.29 is 144 Å². The third-order valence-electron chi connectivity index (χ3n) is 16.2. The second kappa shape index (κ2) is 64.9. The zero-order valence-corrected chi connectivity index (χ0v) is 77.7.